The molecule has 1 heterocycles. The summed E-state index contributed by atoms with van der Waals surface area (Å²) in [5.41, 5.74) is 0.580. The van der Waals surface area contributed by atoms with E-state index in [0.717, 1.165) is 0 Å². The Morgan fingerprint density at radius 3 is 2.29 bits per heavy atom. The molecule has 1 fully saturated rings. The van der Waals surface area contributed by atoms with Crippen molar-refractivity contribution in [1.82, 2.24) is 4.90 Å². The van der Waals surface area contributed by atoms with E-state index in [-0.39, 0.29) is 0 Å². The topological polar surface area (TPSA) is 66.8 Å². The lowest BCUT2D eigenvalue weighted by Crippen LogP contribution is -2.42. The Balaban J connectivity index is 2.32. The van der Waals surface area contributed by atoms with Gasteiger partial charge in [-0.3, -0.25) is 9.45 Å². The molecule has 0 saturated carbocycles. The first-order chi connectivity index (χ1) is 8.09. The van der Waals surface area contributed by atoms with Crippen molar-refractivity contribution in [3.05, 3.63) is 35.9 Å². The van der Waals surface area contributed by atoms with Crippen LogP contribution in [-0.4, -0.2) is 44.2 Å². The van der Waals surface area contributed by atoms with Crippen molar-refractivity contribution in [2.75, 3.05) is 26.3 Å². The molecule has 0 amide bonds. The van der Waals surface area contributed by atoms with Crippen molar-refractivity contribution < 1.29 is 17.7 Å². The fourth-order valence-electron chi connectivity index (χ4n) is 2.00. The van der Waals surface area contributed by atoms with E-state index in [2.05, 4.69) is 0 Å². The van der Waals surface area contributed by atoms with E-state index in [9.17, 15) is 13.0 Å². The lowest BCUT2D eigenvalue weighted by Gasteiger charge is -2.32. The van der Waals surface area contributed by atoms with E-state index in [1.807, 2.05) is 6.07 Å². The highest BCUT2D eigenvalue weighted by Gasteiger charge is 2.32. The van der Waals surface area contributed by atoms with Crippen LogP contribution in [0.25, 0.3) is 0 Å². The van der Waals surface area contributed by atoms with Gasteiger partial charge in [0.2, 0.25) is 0 Å². The molecule has 1 unspecified atom stereocenters. The van der Waals surface area contributed by atoms with Crippen LogP contribution in [0.2, 0.25) is 0 Å². The van der Waals surface area contributed by atoms with Crippen LogP contribution in [0.3, 0.4) is 0 Å². The molecule has 5 nitrogen and oxygen atoms in total. The highest BCUT2D eigenvalue weighted by atomic mass is 32.2. The second-order valence-corrected chi connectivity index (χ2v) is 5.40. The van der Waals surface area contributed by atoms with E-state index < -0.39 is 15.5 Å². The molecule has 1 atom stereocenters. The summed E-state index contributed by atoms with van der Waals surface area (Å²) in [6.45, 7) is 1.97. The molecule has 0 aromatic heterocycles. The summed E-state index contributed by atoms with van der Waals surface area (Å²) in [6, 6.07) is 8.73. The second kappa shape index (κ2) is 5.14. The zero-order valence-corrected chi connectivity index (χ0v) is 10.1. The lowest BCUT2D eigenvalue weighted by atomic mass is 10.2. The van der Waals surface area contributed by atoms with Gasteiger partial charge in [0, 0.05) is 13.1 Å². The monoisotopic (exact) mass is 257 g/mol. The van der Waals surface area contributed by atoms with E-state index in [0.29, 0.717) is 31.9 Å². The van der Waals surface area contributed by atoms with Crippen LogP contribution in [-0.2, 0) is 14.9 Å². The van der Waals surface area contributed by atoms with Crippen LogP contribution >= 0.6 is 0 Å². The summed E-state index contributed by atoms with van der Waals surface area (Å²) in [5, 5.41) is -0.993. The van der Waals surface area contributed by atoms with Crippen molar-refractivity contribution in [2.24, 2.45) is 0 Å². The van der Waals surface area contributed by atoms with Crippen molar-refractivity contribution in [1.29, 1.82) is 0 Å². The molecule has 1 aromatic rings. The Bertz CT molecular complexity index is 454. The number of nitrogens with zero attached hydrogens (tertiary/aromatic N) is 1. The standard InChI is InChI=1S/C11H15NO4S/c13-17(14,15)11(10-4-2-1-3-5-10)12-6-8-16-9-7-12/h1-5,11H,6-9H2,(H,13,14,15). The molecule has 1 aliphatic rings. The Morgan fingerprint density at radius 2 is 1.76 bits per heavy atom. The number of hydrogen-bond donors (Lipinski definition) is 1. The first-order valence-corrected chi connectivity index (χ1v) is 6.92. The highest BCUT2D eigenvalue weighted by Crippen LogP contribution is 2.26. The molecule has 6 heteroatoms. The average Bonchev–Trinajstić information content (AvgIpc) is 2.30. The summed E-state index contributed by atoms with van der Waals surface area (Å²) in [6.07, 6.45) is 0. The molecule has 0 bridgehead atoms. The Labute approximate surface area is 101 Å². The zero-order chi connectivity index (χ0) is 12.3. The SMILES string of the molecule is O=S(=O)(O)C(c1ccccc1)N1CCOCC1. The third-order valence-corrected chi connectivity index (χ3v) is 3.88. The van der Waals surface area contributed by atoms with Crippen LogP contribution in [0.5, 0.6) is 0 Å². The fraction of sp³-hybridized carbons (Fsp3) is 0.455. The van der Waals surface area contributed by atoms with E-state index in [1.165, 1.54) is 0 Å². The maximum absolute atomic E-state index is 11.5. The largest absolute Gasteiger partial charge is 0.379 e. The summed E-state index contributed by atoms with van der Waals surface area (Å²) < 4.78 is 37.6. The minimum absolute atomic E-state index is 0.485. The van der Waals surface area contributed by atoms with Crippen LogP contribution in [0.15, 0.2) is 30.3 Å². The molecule has 0 spiro atoms. The number of hydrogen-bond acceptors (Lipinski definition) is 4. The predicted octanol–water partition coefficient (Wildman–Crippen LogP) is 0.905. The van der Waals surface area contributed by atoms with Crippen LogP contribution < -0.4 is 0 Å². The first-order valence-electron chi connectivity index (χ1n) is 5.42. The molecule has 1 saturated heterocycles. The Hall–Kier alpha value is -0.950. The van der Waals surface area contributed by atoms with Crippen molar-refractivity contribution in [2.45, 2.75) is 5.37 Å². The fourth-order valence-corrected chi connectivity index (χ4v) is 3.09. The van der Waals surface area contributed by atoms with E-state index in [1.54, 1.807) is 29.2 Å². The molecule has 1 aromatic carbocycles. The molecular formula is C11H15NO4S. The normalized spacial score (nSPS) is 20.1. The Kier molecular flexibility index (Phi) is 3.78. The molecule has 1 aliphatic heterocycles. The van der Waals surface area contributed by atoms with Crippen LogP contribution in [0.4, 0.5) is 0 Å². The molecule has 17 heavy (non-hydrogen) atoms. The maximum atomic E-state index is 11.5. The summed E-state index contributed by atoms with van der Waals surface area (Å²) in [4.78, 5) is 1.72. The van der Waals surface area contributed by atoms with Crippen molar-refractivity contribution in [3.63, 3.8) is 0 Å². The third-order valence-electron chi connectivity index (χ3n) is 2.74. The molecule has 1 N–H and O–H groups in total. The molecule has 94 valence electrons. The number of benzene rings is 1. The van der Waals surface area contributed by atoms with Crippen LogP contribution in [0.1, 0.15) is 10.9 Å². The smallest absolute Gasteiger partial charge is 0.285 e. The van der Waals surface area contributed by atoms with Gasteiger partial charge >= 0.3 is 0 Å². The zero-order valence-electron chi connectivity index (χ0n) is 9.32. The van der Waals surface area contributed by atoms with E-state index in [4.69, 9.17) is 4.74 Å². The minimum Gasteiger partial charge on any atom is -0.379 e. The summed E-state index contributed by atoms with van der Waals surface area (Å²) in [5.74, 6) is 0. The van der Waals surface area contributed by atoms with Gasteiger partial charge in [-0.05, 0) is 5.56 Å². The predicted molar refractivity (Wildman–Crippen MR) is 63.1 cm³/mol. The molecular weight excluding hydrogens is 242 g/mol. The van der Waals surface area contributed by atoms with Crippen molar-refractivity contribution >= 4 is 10.1 Å². The van der Waals surface area contributed by atoms with Gasteiger partial charge in [-0.1, -0.05) is 30.3 Å². The van der Waals surface area contributed by atoms with Gasteiger partial charge in [0.25, 0.3) is 10.1 Å². The number of ether oxygens (including phenoxy) is 1. The van der Waals surface area contributed by atoms with Gasteiger partial charge in [0.15, 0.2) is 5.37 Å². The first kappa shape index (κ1) is 12.5. The lowest BCUT2D eigenvalue weighted by molar-refractivity contribution is 0.0295. The number of morpholine rings is 1. The average molecular weight is 257 g/mol. The molecule has 0 radical (unpaired) electrons. The summed E-state index contributed by atoms with van der Waals surface area (Å²) >= 11 is 0. The van der Waals surface area contributed by atoms with Gasteiger partial charge in [-0.25, -0.2) is 0 Å². The second-order valence-electron chi connectivity index (χ2n) is 3.93. The highest BCUT2D eigenvalue weighted by molar-refractivity contribution is 7.86. The molecule has 2 rings (SSSR count). The number of rotatable bonds is 3. The van der Waals surface area contributed by atoms with Gasteiger partial charge in [-0.2, -0.15) is 8.42 Å². The summed E-state index contributed by atoms with van der Waals surface area (Å²) in [7, 11) is -4.15. The Morgan fingerprint density at radius 1 is 1.18 bits per heavy atom. The quantitative estimate of drug-likeness (QED) is 0.815. The third kappa shape index (κ3) is 3.04. The van der Waals surface area contributed by atoms with Gasteiger partial charge < -0.3 is 4.74 Å². The van der Waals surface area contributed by atoms with Crippen molar-refractivity contribution in [3.8, 4) is 0 Å². The van der Waals surface area contributed by atoms with Gasteiger partial charge in [-0.15, -0.1) is 0 Å². The van der Waals surface area contributed by atoms with Crippen LogP contribution in [0, 0.1) is 0 Å². The minimum atomic E-state index is -4.15. The van der Waals surface area contributed by atoms with Gasteiger partial charge in [0.1, 0.15) is 0 Å². The maximum Gasteiger partial charge on any atom is 0.285 e. The van der Waals surface area contributed by atoms with E-state index >= 15 is 0 Å². The van der Waals surface area contributed by atoms with Gasteiger partial charge in [0.05, 0.1) is 13.2 Å². The molecule has 0 aliphatic carbocycles.